The van der Waals surface area contributed by atoms with Crippen molar-refractivity contribution in [3.8, 4) is 5.75 Å². The third kappa shape index (κ3) is 10.5. The number of carboxylic acids is 2. The molecule has 14 nitrogen and oxygen atoms in total. The minimum atomic E-state index is -1.64. The molecule has 0 bridgehead atoms. The van der Waals surface area contributed by atoms with Crippen LogP contribution >= 0.6 is 0 Å². The van der Waals surface area contributed by atoms with Crippen LogP contribution < -0.4 is 27.4 Å². The highest BCUT2D eigenvalue weighted by molar-refractivity contribution is 5.96. The molecular weight excluding hydrogens is 490 g/mol. The number of carbonyl (C=O) groups is 6. The molecule has 37 heavy (non-hydrogen) atoms. The number of aliphatic carboxylic acids is 2. The van der Waals surface area contributed by atoms with Gasteiger partial charge < -0.3 is 42.7 Å². The molecule has 1 aromatic carbocycles. The highest BCUT2D eigenvalue weighted by Gasteiger charge is 2.33. The van der Waals surface area contributed by atoms with E-state index in [1.165, 1.54) is 24.3 Å². The fourth-order valence-electron chi connectivity index (χ4n) is 3.26. The number of rotatable bonds is 15. The second-order valence-corrected chi connectivity index (χ2v) is 8.58. The fraction of sp³-hybridized carbons (Fsp3) is 0.478. The summed E-state index contributed by atoms with van der Waals surface area (Å²) in [5.41, 5.74) is 11.1. The van der Waals surface area contributed by atoms with Crippen molar-refractivity contribution in [3.63, 3.8) is 0 Å². The van der Waals surface area contributed by atoms with Gasteiger partial charge in [-0.2, -0.15) is 0 Å². The van der Waals surface area contributed by atoms with Crippen molar-refractivity contribution in [2.45, 2.75) is 63.7 Å². The van der Waals surface area contributed by atoms with Gasteiger partial charge in [-0.3, -0.25) is 24.0 Å². The zero-order valence-corrected chi connectivity index (χ0v) is 20.5. The molecular formula is C23H33N5O9. The molecule has 0 spiro atoms. The average Bonchev–Trinajstić information content (AvgIpc) is 2.81. The van der Waals surface area contributed by atoms with Crippen LogP contribution in [0.5, 0.6) is 5.75 Å². The van der Waals surface area contributed by atoms with Gasteiger partial charge in [0.2, 0.25) is 23.6 Å². The Morgan fingerprint density at radius 3 is 1.92 bits per heavy atom. The van der Waals surface area contributed by atoms with E-state index in [1.54, 1.807) is 13.8 Å². The van der Waals surface area contributed by atoms with Crippen molar-refractivity contribution in [1.82, 2.24) is 16.0 Å². The zero-order valence-electron chi connectivity index (χ0n) is 20.5. The van der Waals surface area contributed by atoms with Crippen LogP contribution in [-0.2, 0) is 35.2 Å². The molecule has 0 aliphatic carbocycles. The molecule has 14 heteroatoms. The third-order valence-electron chi connectivity index (χ3n) is 5.55. The molecule has 0 aromatic heterocycles. The van der Waals surface area contributed by atoms with Crippen molar-refractivity contribution in [3.05, 3.63) is 29.8 Å². The number of primary amides is 1. The van der Waals surface area contributed by atoms with Crippen LogP contribution in [0.1, 0.15) is 38.7 Å². The van der Waals surface area contributed by atoms with E-state index in [1.807, 2.05) is 0 Å². The Morgan fingerprint density at radius 1 is 0.865 bits per heavy atom. The van der Waals surface area contributed by atoms with Gasteiger partial charge in [0.25, 0.3) is 0 Å². The van der Waals surface area contributed by atoms with Crippen molar-refractivity contribution in [1.29, 1.82) is 0 Å². The van der Waals surface area contributed by atoms with Crippen molar-refractivity contribution in [2.24, 2.45) is 17.4 Å². The number of nitrogens with two attached hydrogens (primary N) is 2. The summed E-state index contributed by atoms with van der Waals surface area (Å²) in [7, 11) is 0. The lowest BCUT2D eigenvalue weighted by atomic mass is 9.96. The first-order chi connectivity index (χ1) is 17.2. The maximum atomic E-state index is 13.0. The van der Waals surface area contributed by atoms with Gasteiger partial charge in [-0.25, -0.2) is 4.79 Å². The van der Waals surface area contributed by atoms with E-state index in [2.05, 4.69) is 16.0 Å². The SMILES string of the molecule is CCC(C)C(NC(=O)C(CC(=O)O)NC(=O)C(N)CC(N)=O)C(=O)NC(Cc1ccc(O)cc1)C(=O)O. The number of benzene rings is 1. The Balaban J connectivity index is 3.05. The standard InChI is InChI=1S/C23H33N5O9/c1-3-11(2)19(22(35)27-16(23(36)37)8-12-4-6-13(29)7-5-12)28-21(34)15(10-18(31)32)26-20(33)14(24)9-17(25)30/h4-7,11,14-16,19,29H,3,8-10,24H2,1-2H3,(H2,25,30)(H,26,33)(H,27,35)(H,28,34)(H,31,32)(H,36,37). The van der Waals surface area contributed by atoms with Crippen molar-refractivity contribution < 1.29 is 44.1 Å². The van der Waals surface area contributed by atoms with Gasteiger partial charge in [-0.1, -0.05) is 32.4 Å². The Morgan fingerprint density at radius 2 is 1.43 bits per heavy atom. The molecule has 5 unspecified atom stereocenters. The molecule has 0 fully saturated rings. The monoisotopic (exact) mass is 523 g/mol. The molecule has 0 radical (unpaired) electrons. The number of nitrogens with one attached hydrogen (secondary N) is 3. The molecule has 5 atom stereocenters. The maximum Gasteiger partial charge on any atom is 0.326 e. The molecule has 0 saturated heterocycles. The summed E-state index contributed by atoms with van der Waals surface area (Å²) in [6, 6.07) is 0.00565. The summed E-state index contributed by atoms with van der Waals surface area (Å²) in [5.74, 6) is -7.03. The van der Waals surface area contributed by atoms with Crippen LogP contribution in [0.3, 0.4) is 0 Å². The van der Waals surface area contributed by atoms with Gasteiger partial charge in [-0.05, 0) is 23.6 Å². The van der Waals surface area contributed by atoms with E-state index in [-0.39, 0.29) is 12.2 Å². The number of carboxylic acid groups (broad SMARTS) is 2. The maximum absolute atomic E-state index is 13.0. The summed E-state index contributed by atoms with van der Waals surface area (Å²) >= 11 is 0. The smallest absolute Gasteiger partial charge is 0.326 e. The highest BCUT2D eigenvalue weighted by Crippen LogP contribution is 2.13. The number of carbonyl (C=O) groups excluding carboxylic acids is 4. The number of aromatic hydroxyl groups is 1. The molecule has 0 saturated carbocycles. The lowest BCUT2D eigenvalue weighted by Crippen LogP contribution is -2.59. The fourth-order valence-corrected chi connectivity index (χ4v) is 3.26. The van der Waals surface area contributed by atoms with E-state index in [4.69, 9.17) is 16.6 Å². The van der Waals surface area contributed by atoms with Crippen LogP contribution in [0.2, 0.25) is 0 Å². The average molecular weight is 524 g/mol. The van der Waals surface area contributed by atoms with Crippen molar-refractivity contribution >= 4 is 35.6 Å². The number of hydrogen-bond donors (Lipinski definition) is 8. The van der Waals surface area contributed by atoms with Gasteiger partial charge >= 0.3 is 11.9 Å². The third-order valence-corrected chi connectivity index (χ3v) is 5.55. The highest BCUT2D eigenvalue weighted by atomic mass is 16.4. The van der Waals surface area contributed by atoms with E-state index in [0.29, 0.717) is 12.0 Å². The molecule has 10 N–H and O–H groups in total. The second kappa shape index (κ2) is 14.4. The molecule has 4 amide bonds. The number of phenols is 1. The topological polar surface area (TPSA) is 251 Å². The first kappa shape index (κ1) is 30.8. The predicted octanol–water partition coefficient (Wildman–Crippen LogP) is -1.80. The number of phenolic OH excluding ortho intramolecular Hbond substituents is 1. The largest absolute Gasteiger partial charge is 0.508 e. The first-order valence-corrected chi connectivity index (χ1v) is 11.4. The van der Waals surface area contributed by atoms with Gasteiger partial charge in [0.05, 0.1) is 18.9 Å². The number of hydrogen-bond acceptors (Lipinski definition) is 8. The minimum Gasteiger partial charge on any atom is -0.508 e. The van der Waals surface area contributed by atoms with Crippen LogP contribution in [0.15, 0.2) is 24.3 Å². The summed E-state index contributed by atoms with van der Waals surface area (Å²) in [6.45, 7) is 3.34. The molecule has 0 heterocycles. The predicted molar refractivity (Wildman–Crippen MR) is 129 cm³/mol. The zero-order chi connectivity index (χ0) is 28.3. The van der Waals surface area contributed by atoms with E-state index < -0.39 is 78.5 Å². The summed E-state index contributed by atoms with van der Waals surface area (Å²) in [6.07, 6.45) is -1.12. The lowest BCUT2D eigenvalue weighted by Gasteiger charge is -2.27. The Labute approximate surface area is 212 Å². The van der Waals surface area contributed by atoms with Crippen LogP contribution in [0, 0.1) is 5.92 Å². The first-order valence-electron chi connectivity index (χ1n) is 11.4. The van der Waals surface area contributed by atoms with Gasteiger partial charge in [-0.15, -0.1) is 0 Å². The second-order valence-electron chi connectivity index (χ2n) is 8.58. The van der Waals surface area contributed by atoms with E-state index in [0.717, 1.165) is 0 Å². The van der Waals surface area contributed by atoms with E-state index >= 15 is 0 Å². The summed E-state index contributed by atoms with van der Waals surface area (Å²) < 4.78 is 0. The lowest BCUT2D eigenvalue weighted by molar-refractivity contribution is -0.143. The molecule has 204 valence electrons. The molecule has 0 aliphatic rings. The molecule has 1 rings (SSSR count). The Kier molecular flexibility index (Phi) is 12.0. The van der Waals surface area contributed by atoms with Crippen molar-refractivity contribution in [2.75, 3.05) is 0 Å². The quantitative estimate of drug-likeness (QED) is 0.128. The number of amides is 4. The Hall–Kier alpha value is -4.20. The van der Waals surface area contributed by atoms with Crippen LogP contribution in [0.4, 0.5) is 0 Å². The summed E-state index contributed by atoms with van der Waals surface area (Å²) in [4.78, 5) is 72.2. The van der Waals surface area contributed by atoms with Gasteiger partial charge in [0, 0.05) is 6.42 Å². The Bertz CT molecular complexity index is 999. The van der Waals surface area contributed by atoms with Crippen LogP contribution in [-0.4, -0.2) is 75.1 Å². The van der Waals surface area contributed by atoms with Crippen LogP contribution in [0.25, 0.3) is 0 Å². The van der Waals surface area contributed by atoms with Gasteiger partial charge in [0.15, 0.2) is 0 Å². The van der Waals surface area contributed by atoms with E-state index in [9.17, 15) is 39.0 Å². The molecule has 1 aromatic rings. The minimum absolute atomic E-state index is 0.0159. The summed E-state index contributed by atoms with van der Waals surface area (Å²) in [5, 5.41) is 35.1. The van der Waals surface area contributed by atoms with Gasteiger partial charge in [0.1, 0.15) is 23.9 Å². The normalized spacial score (nSPS) is 14.8. The molecule has 0 aliphatic heterocycles.